The van der Waals surface area contributed by atoms with Gasteiger partial charge in [0.05, 0.1) is 13.2 Å². The number of nitrogens with one attached hydrogen (secondary N) is 1. The van der Waals surface area contributed by atoms with Crippen LogP contribution in [0.15, 0.2) is 54.7 Å². The highest BCUT2D eigenvalue weighted by Gasteiger charge is 2.26. The SMILES string of the molecule is COc1ccc2c(c1)c(CN1CCC(C(=O)NC(C)c3ccccc3)CC1)cn2C. The van der Waals surface area contributed by atoms with Crippen molar-refractivity contribution < 1.29 is 9.53 Å². The Labute approximate surface area is 178 Å². The zero-order chi connectivity index (χ0) is 21.1. The molecular formula is C25H31N3O2. The van der Waals surface area contributed by atoms with Crippen LogP contribution in [0.4, 0.5) is 0 Å². The standard InChI is InChI=1S/C25H31N3O2/c1-18(19-7-5-4-6-8-19)26-25(29)20-11-13-28(14-12-20)17-21-16-27(2)24-10-9-22(30-3)15-23(21)24/h4-10,15-16,18,20H,11-14,17H2,1-3H3,(H,26,29). The molecule has 0 spiro atoms. The van der Waals surface area contributed by atoms with Gasteiger partial charge in [0.25, 0.3) is 0 Å². The summed E-state index contributed by atoms with van der Waals surface area (Å²) >= 11 is 0. The summed E-state index contributed by atoms with van der Waals surface area (Å²) in [5.41, 5.74) is 3.68. The van der Waals surface area contributed by atoms with Gasteiger partial charge >= 0.3 is 0 Å². The Morgan fingerprint density at radius 2 is 1.90 bits per heavy atom. The molecule has 30 heavy (non-hydrogen) atoms. The van der Waals surface area contributed by atoms with Gasteiger partial charge in [0, 0.05) is 36.6 Å². The van der Waals surface area contributed by atoms with Crippen LogP contribution in [0.1, 0.15) is 36.9 Å². The number of hydrogen-bond donors (Lipinski definition) is 1. The van der Waals surface area contributed by atoms with Gasteiger partial charge in [0.2, 0.25) is 5.91 Å². The maximum Gasteiger partial charge on any atom is 0.223 e. The molecule has 1 aromatic heterocycles. The maximum absolute atomic E-state index is 12.7. The number of fused-ring (bicyclic) bond motifs is 1. The molecule has 5 nitrogen and oxygen atoms in total. The molecule has 1 amide bonds. The molecule has 1 N–H and O–H groups in total. The molecule has 1 atom stereocenters. The van der Waals surface area contributed by atoms with Gasteiger partial charge in [0.15, 0.2) is 0 Å². The van der Waals surface area contributed by atoms with Crippen LogP contribution < -0.4 is 10.1 Å². The summed E-state index contributed by atoms with van der Waals surface area (Å²) in [6.07, 6.45) is 4.02. The highest BCUT2D eigenvalue weighted by Crippen LogP contribution is 2.28. The van der Waals surface area contributed by atoms with E-state index < -0.39 is 0 Å². The molecule has 2 aromatic carbocycles. The summed E-state index contributed by atoms with van der Waals surface area (Å²) in [4.78, 5) is 15.2. The molecule has 1 unspecified atom stereocenters. The second-order valence-electron chi connectivity index (χ2n) is 8.34. The van der Waals surface area contributed by atoms with Crippen molar-refractivity contribution in [1.29, 1.82) is 0 Å². The molecule has 1 fully saturated rings. The second kappa shape index (κ2) is 8.92. The average Bonchev–Trinajstić information content (AvgIpc) is 3.09. The third-order valence-electron chi connectivity index (χ3n) is 6.29. The minimum Gasteiger partial charge on any atom is -0.497 e. The lowest BCUT2D eigenvalue weighted by Gasteiger charge is -2.31. The topological polar surface area (TPSA) is 46.5 Å². The van der Waals surface area contributed by atoms with Crippen LogP contribution >= 0.6 is 0 Å². The van der Waals surface area contributed by atoms with Gasteiger partial charge in [-0.05, 0) is 62.2 Å². The predicted molar refractivity (Wildman–Crippen MR) is 120 cm³/mol. The van der Waals surface area contributed by atoms with Gasteiger partial charge in [-0.25, -0.2) is 0 Å². The van der Waals surface area contributed by atoms with Crippen LogP contribution in [0, 0.1) is 5.92 Å². The fraction of sp³-hybridized carbons (Fsp3) is 0.400. The molecule has 3 aromatic rings. The number of carbonyl (C=O) groups is 1. The van der Waals surface area contributed by atoms with Crippen molar-refractivity contribution in [2.24, 2.45) is 13.0 Å². The molecular weight excluding hydrogens is 374 g/mol. The number of aromatic nitrogens is 1. The van der Waals surface area contributed by atoms with Crippen LogP contribution in [0.2, 0.25) is 0 Å². The quantitative estimate of drug-likeness (QED) is 0.666. The van der Waals surface area contributed by atoms with Gasteiger partial charge in [0.1, 0.15) is 5.75 Å². The Bertz CT molecular complexity index is 1000. The first kappa shape index (κ1) is 20.5. The van der Waals surface area contributed by atoms with Gasteiger partial charge in [-0.3, -0.25) is 9.69 Å². The molecule has 1 aliphatic rings. The van der Waals surface area contributed by atoms with Crippen molar-refractivity contribution >= 4 is 16.8 Å². The Morgan fingerprint density at radius 3 is 2.60 bits per heavy atom. The first-order valence-electron chi connectivity index (χ1n) is 10.7. The van der Waals surface area contributed by atoms with Crippen molar-refractivity contribution in [3.05, 3.63) is 65.9 Å². The van der Waals surface area contributed by atoms with E-state index in [-0.39, 0.29) is 17.9 Å². The van der Waals surface area contributed by atoms with Crippen LogP contribution in [-0.4, -0.2) is 35.6 Å². The fourth-order valence-electron chi connectivity index (χ4n) is 4.46. The van der Waals surface area contributed by atoms with Gasteiger partial charge in [-0.15, -0.1) is 0 Å². The molecule has 158 valence electrons. The second-order valence-corrected chi connectivity index (χ2v) is 8.34. The van der Waals surface area contributed by atoms with E-state index in [9.17, 15) is 4.79 Å². The van der Waals surface area contributed by atoms with Crippen LogP contribution in [-0.2, 0) is 18.4 Å². The molecule has 4 rings (SSSR count). The van der Waals surface area contributed by atoms with E-state index in [1.165, 1.54) is 16.5 Å². The number of nitrogens with zero attached hydrogens (tertiary/aromatic N) is 2. The van der Waals surface area contributed by atoms with E-state index in [1.54, 1.807) is 7.11 Å². The first-order chi connectivity index (χ1) is 14.5. The van der Waals surface area contributed by atoms with Gasteiger partial charge in [-0.1, -0.05) is 30.3 Å². The van der Waals surface area contributed by atoms with Crippen molar-refractivity contribution in [1.82, 2.24) is 14.8 Å². The van der Waals surface area contributed by atoms with Crippen LogP contribution in [0.5, 0.6) is 5.75 Å². The third-order valence-corrected chi connectivity index (χ3v) is 6.29. The summed E-state index contributed by atoms with van der Waals surface area (Å²) in [6.45, 7) is 4.84. The maximum atomic E-state index is 12.7. The highest BCUT2D eigenvalue weighted by molar-refractivity contribution is 5.85. The highest BCUT2D eigenvalue weighted by atomic mass is 16.5. The number of rotatable bonds is 6. The number of piperidine rings is 1. The Hall–Kier alpha value is -2.79. The predicted octanol–water partition coefficient (Wildman–Crippen LogP) is 4.28. The number of benzene rings is 2. The van der Waals surface area contributed by atoms with E-state index in [1.807, 2.05) is 24.3 Å². The molecule has 0 aliphatic carbocycles. The van der Waals surface area contributed by atoms with Crippen molar-refractivity contribution in [2.45, 2.75) is 32.4 Å². The fourth-order valence-corrected chi connectivity index (χ4v) is 4.46. The molecule has 0 radical (unpaired) electrons. The molecule has 1 saturated heterocycles. The van der Waals surface area contributed by atoms with E-state index in [0.29, 0.717) is 0 Å². The minimum atomic E-state index is 0.0439. The summed E-state index contributed by atoms with van der Waals surface area (Å²) in [5.74, 6) is 1.17. The smallest absolute Gasteiger partial charge is 0.223 e. The lowest BCUT2D eigenvalue weighted by Crippen LogP contribution is -2.40. The molecule has 2 heterocycles. The zero-order valence-corrected chi connectivity index (χ0v) is 18.1. The van der Waals surface area contributed by atoms with Gasteiger partial charge in [-0.2, -0.15) is 0 Å². The Kier molecular flexibility index (Phi) is 6.09. The average molecular weight is 406 g/mol. The van der Waals surface area contributed by atoms with Crippen LogP contribution in [0.3, 0.4) is 0 Å². The molecule has 5 heteroatoms. The summed E-state index contributed by atoms with van der Waals surface area (Å²) < 4.78 is 7.59. The van der Waals surface area contributed by atoms with E-state index in [2.05, 4.69) is 59.2 Å². The molecule has 0 saturated carbocycles. The zero-order valence-electron chi connectivity index (χ0n) is 18.1. The molecule has 0 bridgehead atoms. The van der Waals surface area contributed by atoms with Crippen molar-refractivity contribution in [3.8, 4) is 5.75 Å². The monoisotopic (exact) mass is 405 g/mol. The Balaban J connectivity index is 1.35. The number of ether oxygens (including phenoxy) is 1. The first-order valence-corrected chi connectivity index (χ1v) is 10.7. The van der Waals surface area contributed by atoms with E-state index >= 15 is 0 Å². The normalized spacial score (nSPS) is 16.5. The summed E-state index contributed by atoms with van der Waals surface area (Å²) in [6, 6.07) is 16.4. The minimum absolute atomic E-state index is 0.0439. The van der Waals surface area contributed by atoms with Crippen molar-refractivity contribution in [3.63, 3.8) is 0 Å². The van der Waals surface area contributed by atoms with Crippen molar-refractivity contribution in [2.75, 3.05) is 20.2 Å². The largest absolute Gasteiger partial charge is 0.497 e. The number of carbonyl (C=O) groups excluding carboxylic acids is 1. The summed E-state index contributed by atoms with van der Waals surface area (Å²) in [7, 11) is 3.79. The number of likely N-dealkylation sites (tertiary alicyclic amines) is 1. The summed E-state index contributed by atoms with van der Waals surface area (Å²) in [5, 5.41) is 4.44. The Morgan fingerprint density at radius 1 is 1.17 bits per heavy atom. The van der Waals surface area contributed by atoms with Crippen LogP contribution in [0.25, 0.3) is 10.9 Å². The third kappa shape index (κ3) is 4.36. The lowest BCUT2D eigenvalue weighted by molar-refractivity contribution is -0.127. The number of aryl methyl sites for hydroxylation is 1. The number of amides is 1. The molecule has 1 aliphatic heterocycles. The number of hydrogen-bond acceptors (Lipinski definition) is 3. The van der Waals surface area contributed by atoms with E-state index in [0.717, 1.165) is 43.8 Å². The van der Waals surface area contributed by atoms with E-state index in [4.69, 9.17) is 4.74 Å². The van der Waals surface area contributed by atoms with Gasteiger partial charge < -0.3 is 14.6 Å². The lowest BCUT2D eigenvalue weighted by atomic mass is 9.95. The number of methoxy groups -OCH3 is 1.